The van der Waals surface area contributed by atoms with Gasteiger partial charge in [0.15, 0.2) is 5.13 Å². The van der Waals surface area contributed by atoms with Crippen molar-refractivity contribution in [2.45, 2.75) is 13.8 Å². The highest BCUT2D eigenvalue weighted by atomic mass is 32.1. The number of halogens is 1. The van der Waals surface area contributed by atoms with Gasteiger partial charge < -0.3 is 5.73 Å². The molecule has 1 heterocycles. The number of carbonyl (C=O) groups excluding carboxylic acids is 1. The molecule has 0 fully saturated rings. The van der Waals surface area contributed by atoms with Crippen molar-refractivity contribution in [1.82, 2.24) is 4.98 Å². The number of thiazole rings is 1. The second kappa shape index (κ2) is 4.73. The molecule has 3 N–H and O–H groups in total. The minimum absolute atomic E-state index is 0.0471. The molecule has 0 bridgehead atoms. The van der Waals surface area contributed by atoms with Crippen molar-refractivity contribution in [3.63, 3.8) is 0 Å². The van der Waals surface area contributed by atoms with E-state index in [-0.39, 0.29) is 11.6 Å². The molecule has 0 atom stereocenters. The lowest BCUT2D eigenvalue weighted by Crippen LogP contribution is -2.12. The van der Waals surface area contributed by atoms with Crippen molar-refractivity contribution in [3.05, 3.63) is 40.2 Å². The zero-order valence-electron chi connectivity index (χ0n) is 9.95. The summed E-state index contributed by atoms with van der Waals surface area (Å²) in [6, 6.07) is 3.86. The highest BCUT2D eigenvalue weighted by Gasteiger charge is 2.11. The van der Waals surface area contributed by atoms with Crippen molar-refractivity contribution in [3.8, 4) is 0 Å². The number of rotatable bonds is 2. The van der Waals surface area contributed by atoms with Crippen molar-refractivity contribution in [1.29, 1.82) is 0 Å². The van der Waals surface area contributed by atoms with Crippen LogP contribution in [-0.2, 0) is 0 Å². The van der Waals surface area contributed by atoms with Crippen LogP contribution in [0.5, 0.6) is 0 Å². The number of nitrogens with one attached hydrogen (secondary N) is 1. The van der Waals surface area contributed by atoms with Gasteiger partial charge >= 0.3 is 0 Å². The number of hydrogen-bond donors (Lipinski definition) is 2. The van der Waals surface area contributed by atoms with Crippen LogP contribution in [0.4, 0.5) is 15.2 Å². The Labute approximate surface area is 108 Å². The fourth-order valence-electron chi connectivity index (χ4n) is 1.38. The number of nitrogen functional groups attached to an aromatic ring is 1. The number of aromatic nitrogens is 1. The van der Waals surface area contributed by atoms with Crippen molar-refractivity contribution < 1.29 is 9.18 Å². The van der Waals surface area contributed by atoms with Crippen LogP contribution in [0.25, 0.3) is 0 Å². The molecule has 4 nitrogen and oxygen atoms in total. The van der Waals surface area contributed by atoms with E-state index in [9.17, 15) is 9.18 Å². The molecule has 0 spiro atoms. The lowest BCUT2D eigenvalue weighted by molar-refractivity contribution is 0.102. The van der Waals surface area contributed by atoms with Crippen LogP contribution < -0.4 is 11.1 Å². The summed E-state index contributed by atoms with van der Waals surface area (Å²) in [4.78, 5) is 17.1. The van der Waals surface area contributed by atoms with E-state index in [1.807, 2.05) is 13.8 Å². The Kier molecular flexibility index (Phi) is 3.29. The highest BCUT2D eigenvalue weighted by Crippen LogP contribution is 2.22. The summed E-state index contributed by atoms with van der Waals surface area (Å²) in [6.07, 6.45) is 0. The Morgan fingerprint density at radius 2 is 2.17 bits per heavy atom. The van der Waals surface area contributed by atoms with Crippen molar-refractivity contribution in [2.24, 2.45) is 0 Å². The second-order valence-electron chi connectivity index (χ2n) is 3.85. The average Bonchev–Trinajstić information content (AvgIpc) is 2.61. The van der Waals surface area contributed by atoms with Crippen LogP contribution in [0.1, 0.15) is 20.9 Å². The molecule has 6 heteroatoms. The van der Waals surface area contributed by atoms with Gasteiger partial charge in [0, 0.05) is 10.4 Å². The third-order valence-electron chi connectivity index (χ3n) is 2.51. The third kappa shape index (κ3) is 2.48. The van der Waals surface area contributed by atoms with E-state index in [4.69, 9.17) is 5.73 Å². The van der Waals surface area contributed by atoms with Crippen LogP contribution in [-0.4, -0.2) is 10.9 Å². The zero-order chi connectivity index (χ0) is 13.3. The van der Waals surface area contributed by atoms with Crippen LogP contribution in [0.15, 0.2) is 18.2 Å². The minimum atomic E-state index is -0.535. The average molecular weight is 265 g/mol. The molecule has 2 aromatic rings. The quantitative estimate of drug-likeness (QED) is 0.820. The fraction of sp³-hybridized carbons (Fsp3) is 0.167. The fourth-order valence-corrected chi connectivity index (χ4v) is 2.19. The van der Waals surface area contributed by atoms with Crippen molar-refractivity contribution >= 4 is 28.1 Å². The summed E-state index contributed by atoms with van der Waals surface area (Å²) in [5, 5.41) is 3.18. The minimum Gasteiger partial charge on any atom is -0.396 e. The van der Waals surface area contributed by atoms with Gasteiger partial charge in [-0.2, -0.15) is 0 Å². The van der Waals surface area contributed by atoms with Gasteiger partial charge in [-0.1, -0.05) is 0 Å². The van der Waals surface area contributed by atoms with Gasteiger partial charge in [-0.25, -0.2) is 9.37 Å². The maximum atomic E-state index is 13.0. The molecular weight excluding hydrogens is 253 g/mol. The predicted molar refractivity (Wildman–Crippen MR) is 70.4 cm³/mol. The van der Waals surface area contributed by atoms with E-state index in [0.29, 0.717) is 10.7 Å². The monoisotopic (exact) mass is 265 g/mol. The molecule has 18 heavy (non-hydrogen) atoms. The number of nitrogens with zero attached hydrogens (tertiary/aromatic N) is 1. The normalized spacial score (nSPS) is 10.4. The summed E-state index contributed by atoms with van der Waals surface area (Å²) in [5.74, 6) is -0.886. The molecular formula is C12H12FN3OS. The number of benzene rings is 1. The summed E-state index contributed by atoms with van der Waals surface area (Å²) < 4.78 is 13.0. The largest absolute Gasteiger partial charge is 0.396 e. The number of hydrogen-bond acceptors (Lipinski definition) is 4. The molecule has 0 radical (unpaired) electrons. The van der Waals surface area contributed by atoms with E-state index in [0.717, 1.165) is 10.6 Å². The molecule has 0 saturated carbocycles. The molecule has 0 aliphatic rings. The molecule has 94 valence electrons. The first-order valence-electron chi connectivity index (χ1n) is 5.28. The first kappa shape index (κ1) is 12.5. The summed E-state index contributed by atoms with van der Waals surface area (Å²) in [7, 11) is 0. The number of aryl methyl sites for hydroxylation is 2. The van der Waals surface area contributed by atoms with E-state index >= 15 is 0 Å². The Bertz CT molecular complexity index is 590. The maximum Gasteiger partial charge on any atom is 0.257 e. The highest BCUT2D eigenvalue weighted by molar-refractivity contribution is 7.15. The molecule has 1 aromatic heterocycles. The molecule has 0 saturated heterocycles. The number of carbonyl (C=O) groups is 1. The summed E-state index contributed by atoms with van der Waals surface area (Å²) in [6.45, 7) is 3.80. The molecule has 0 aliphatic heterocycles. The van der Waals surface area contributed by atoms with Gasteiger partial charge in [0.25, 0.3) is 5.91 Å². The lowest BCUT2D eigenvalue weighted by atomic mass is 10.2. The van der Waals surface area contributed by atoms with Gasteiger partial charge in [0.1, 0.15) is 5.82 Å². The first-order chi connectivity index (χ1) is 8.47. The van der Waals surface area contributed by atoms with Crippen LogP contribution in [0.3, 0.4) is 0 Å². The zero-order valence-corrected chi connectivity index (χ0v) is 10.8. The SMILES string of the molecule is Cc1nc(NC(=O)c2ccc(F)c(N)c2)sc1C. The van der Waals surface area contributed by atoms with Crippen LogP contribution in [0, 0.1) is 19.7 Å². The molecule has 1 aromatic carbocycles. The lowest BCUT2D eigenvalue weighted by Gasteiger charge is -2.03. The van der Waals surface area contributed by atoms with E-state index in [2.05, 4.69) is 10.3 Å². The second-order valence-corrected chi connectivity index (χ2v) is 5.05. The number of anilines is 2. The summed E-state index contributed by atoms with van der Waals surface area (Å²) >= 11 is 1.40. The predicted octanol–water partition coefficient (Wildman–Crippen LogP) is 2.73. The Balaban J connectivity index is 2.19. The summed E-state index contributed by atoms with van der Waals surface area (Å²) in [5.41, 5.74) is 6.55. The maximum absolute atomic E-state index is 13.0. The van der Waals surface area contributed by atoms with Gasteiger partial charge in [-0.05, 0) is 32.0 Å². The number of nitrogens with two attached hydrogens (primary N) is 1. The van der Waals surface area contributed by atoms with Crippen molar-refractivity contribution in [2.75, 3.05) is 11.1 Å². The smallest absolute Gasteiger partial charge is 0.257 e. The molecule has 1 amide bonds. The van der Waals surface area contributed by atoms with Crippen LogP contribution >= 0.6 is 11.3 Å². The van der Waals surface area contributed by atoms with E-state index in [1.54, 1.807) is 0 Å². The third-order valence-corrected chi connectivity index (χ3v) is 3.50. The Morgan fingerprint density at radius 3 is 2.72 bits per heavy atom. The standard InChI is InChI=1S/C12H12FN3OS/c1-6-7(2)18-12(15-6)16-11(17)8-3-4-9(13)10(14)5-8/h3-5H,14H2,1-2H3,(H,15,16,17). The molecule has 0 unspecified atom stereocenters. The topological polar surface area (TPSA) is 68.0 Å². The van der Waals surface area contributed by atoms with Gasteiger partial charge in [-0.15, -0.1) is 11.3 Å². The Morgan fingerprint density at radius 1 is 1.44 bits per heavy atom. The first-order valence-corrected chi connectivity index (χ1v) is 6.09. The molecule has 2 rings (SSSR count). The van der Waals surface area contributed by atoms with Gasteiger partial charge in [0.05, 0.1) is 11.4 Å². The number of amides is 1. The molecule has 0 aliphatic carbocycles. The van der Waals surface area contributed by atoms with Gasteiger partial charge in [0.2, 0.25) is 0 Å². The van der Waals surface area contributed by atoms with Gasteiger partial charge in [-0.3, -0.25) is 10.1 Å². The van der Waals surface area contributed by atoms with E-state index in [1.165, 1.54) is 29.5 Å². The Hall–Kier alpha value is -1.95. The van der Waals surface area contributed by atoms with E-state index < -0.39 is 5.82 Å². The van der Waals surface area contributed by atoms with Crippen LogP contribution in [0.2, 0.25) is 0 Å².